The van der Waals surface area contributed by atoms with E-state index in [1.165, 1.54) is 0 Å². The van der Waals surface area contributed by atoms with Crippen LogP contribution in [-0.4, -0.2) is 47.2 Å². The zero-order valence-electron chi connectivity index (χ0n) is 25.1. The Bertz CT molecular complexity index is 926. The summed E-state index contributed by atoms with van der Waals surface area (Å²) in [5.74, 6) is 0.0367. The number of rotatable bonds is 13. The molecule has 0 unspecified atom stereocenters. The van der Waals surface area contributed by atoms with Crippen LogP contribution in [0, 0.1) is 23.2 Å². The third kappa shape index (κ3) is 12.3. The number of esters is 1. The molecule has 1 rings (SSSR count). The van der Waals surface area contributed by atoms with Gasteiger partial charge in [-0.2, -0.15) is 5.26 Å². The first-order valence-electron chi connectivity index (χ1n) is 13.7. The number of hydrogen-bond acceptors (Lipinski definition) is 7. The Morgan fingerprint density at radius 2 is 1.61 bits per heavy atom. The first-order valence-corrected chi connectivity index (χ1v) is 13.7. The van der Waals surface area contributed by atoms with Gasteiger partial charge in [-0.05, 0) is 83.9 Å². The minimum Gasteiger partial charge on any atom is -0.488 e. The van der Waals surface area contributed by atoms with Crippen LogP contribution in [0.4, 0.5) is 0 Å². The monoisotopic (exact) mass is 530 g/mol. The summed E-state index contributed by atoms with van der Waals surface area (Å²) < 4.78 is 11.4. The largest absolute Gasteiger partial charge is 0.488 e. The van der Waals surface area contributed by atoms with Gasteiger partial charge in [0.1, 0.15) is 29.0 Å². The van der Waals surface area contributed by atoms with Crippen LogP contribution in [0.1, 0.15) is 87.6 Å². The molecule has 0 bridgehead atoms. The highest BCUT2D eigenvalue weighted by Crippen LogP contribution is 2.20. The van der Waals surface area contributed by atoms with Crippen molar-refractivity contribution in [1.29, 1.82) is 5.26 Å². The van der Waals surface area contributed by atoms with Gasteiger partial charge in [0.05, 0.1) is 12.1 Å². The first kappa shape index (κ1) is 33.4. The fourth-order valence-corrected chi connectivity index (χ4v) is 3.94. The minimum absolute atomic E-state index is 0.0924. The number of carbonyl (C=O) groups excluding carboxylic acids is 2. The zero-order valence-corrected chi connectivity index (χ0v) is 25.1. The Morgan fingerprint density at radius 3 is 2.05 bits per heavy atom. The molecule has 0 aliphatic heterocycles. The molecule has 0 aromatic heterocycles. The molecule has 8 nitrogen and oxygen atoms in total. The summed E-state index contributed by atoms with van der Waals surface area (Å²) >= 11 is 0. The summed E-state index contributed by atoms with van der Waals surface area (Å²) in [6.07, 6.45) is 1.60. The maximum Gasteiger partial charge on any atom is 0.329 e. The van der Waals surface area contributed by atoms with E-state index >= 15 is 0 Å². The number of hydrogen-bond donors (Lipinski definition) is 3. The number of nitrogens with zero attached hydrogens (tertiary/aromatic N) is 1. The quantitative estimate of drug-likeness (QED) is 0.320. The van der Waals surface area contributed by atoms with E-state index in [0.717, 1.165) is 11.3 Å². The molecule has 0 radical (unpaired) electrons. The normalized spacial score (nSPS) is 16.1. The molecule has 1 amide bonds. The smallest absolute Gasteiger partial charge is 0.329 e. The molecule has 8 heteroatoms. The van der Waals surface area contributed by atoms with Crippen LogP contribution in [0.15, 0.2) is 24.3 Å². The summed E-state index contributed by atoms with van der Waals surface area (Å²) in [6, 6.07) is 7.10. The van der Waals surface area contributed by atoms with E-state index in [1.807, 2.05) is 72.7 Å². The van der Waals surface area contributed by atoms with E-state index in [2.05, 4.69) is 16.7 Å². The molecule has 5 atom stereocenters. The van der Waals surface area contributed by atoms with Gasteiger partial charge >= 0.3 is 5.97 Å². The van der Waals surface area contributed by atoms with Crippen molar-refractivity contribution in [2.75, 3.05) is 0 Å². The number of ether oxygens (including phenoxy) is 2. The van der Waals surface area contributed by atoms with Gasteiger partial charge < -0.3 is 20.5 Å². The molecule has 0 aliphatic rings. The molecule has 0 aliphatic carbocycles. The summed E-state index contributed by atoms with van der Waals surface area (Å²) in [4.78, 5) is 26.3. The SMILES string of the molecule is CC[C@H](C)[C@H](N[C@H](C#N)[C@@H](N)Cc1ccc(OC(C)(C)C)cc1)C(=O)N[C@@H](CC(C)C)C(=O)OC(C)(C)C. The molecule has 4 N–H and O–H groups in total. The lowest BCUT2D eigenvalue weighted by Crippen LogP contribution is -2.58. The highest BCUT2D eigenvalue weighted by molar-refractivity contribution is 5.88. The Labute approximate surface area is 230 Å². The van der Waals surface area contributed by atoms with Crippen LogP contribution >= 0.6 is 0 Å². The molecule has 0 fully saturated rings. The number of nitrogens with two attached hydrogens (primary N) is 1. The predicted octanol–water partition coefficient (Wildman–Crippen LogP) is 4.50. The zero-order chi connectivity index (χ0) is 29.3. The Balaban J connectivity index is 3.00. The summed E-state index contributed by atoms with van der Waals surface area (Å²) in [7, 11) is 0. The number of nitriles is 1. The van der Waals surface area contributed by atoms with Gasteiger partial charge in [-0.3, -0.25) is 10.1 Å². The number of nitrogens with one attached hydrogen (secondary N) is 2. The lowest BCUT2D eigenvalue weighted by Gasteiger charge is -2.31. The van der Waals surface area contributed by atoms with Crippen molar-refractivity contribution in [3.05, 3.63) is 29.8 Å². The van der Waals surface area contributed by atoms with Crippen molar-refractivity contribution in [2.24, 2.45) is 17.6 Å². The maximum atomic E-state index is 13.4. The number of carbonyl (C=O) groups is 2. The molecule has 0 spiro atoms. The molecular weight excluding hydrogens is 480 g/mol. The van der Waals surface area contributed by atoms with Gasteiger partial charge in [0.15, 0.2) is 0 Å². The second-order valence-corrected chi connectivity index (χ2v) is 12.6. The Hall–Kier alpha value is -2.63. The molecule has 0 saturated heterocycles. The van der Waals surface area contributed by atoms with Crippen LogP contribution < -0.4 is 21.1 Å². The van der Waals surface area contributed by atoms with Crippen molar-refractivity contribution in [3.8, 4) is 11.8 Å². The van der Waals surface area contributed by atoms with Crippen LogP contribution in [0.2, 0.25) is 0 Å². The highest BCUT2D eigenvalue weighted by atomic mass is 16.6. The van der Waals surface area contributed by atoms with Crippen LogP contribution in [0.5, 0.6) is 5.75 Å². The lowest BCUT2D eigenvalue weighted by molar-refractivity contribution is -0.159. The van der Waals surface area contributed by atoms with E-state index in [1.54, 1.807) is 20.8 Å². The fourth-order valence-electron chi connectivity index (χ4n) is 3.94. The average molecular weight is 531 g/mol. The van der Waals surface area contributed by atoms with E-state index in [9.17, 15) is 14.9 Å². The van der Waals surface area contributed by atoms with E-state index in [0.29, 0.717) is 19.3 Å². The molecule has 38 heavy (non-hydrogen) atoms. The molecule has 0 heterocycles. The predicted molar refractivity (Wildman–Crippen MR) is 152 cm³/mol. The molecular formula is C30H50N4O4. The summed E-state index contributed by atoms with van der Waals surface area (Å²) in [5, 5.41) is 16.0. The third-order valence-corrected chi connectivity index (χ3v) is 5.96. The highest BCUT2D eigenvalue weighted by Gasteiger charge is 2.33. The van der Waals surface area contributed by atoms with Crippen LogP contribution in [-0.2, 0) is 20.7 Å². The Morgan fingerprint density at radius 1 is 1.03 bits per heavy atom. The van der Waals surface area contributed by atoms with Gasteiger partial charge in [0.25, 0.3) is 0 Å². The standard InChI is InChI=1S/C30H50N4O4/c1-11-20(4)26(27(35)34-24(16-19(2)3)28(36)38-30(8,9)10)33-25(18-31)23(32)17-21-12-14-22(15-13-21)37-29(5,6)7/h12-15,19-20,23-26,33H,11,16-17,32H2,1-10H3,(H,34,35)/t20-,23-,24-,25+,26-/m0/s1. The van der Waals surface area contributed by atoms with Gasteiger partial charge in [-0.15, -0.1) is 0 Å². The summed E-state index contributed by atoms with van der Waals surface area (Å²) in [5.41, 5.74) is 6.46. The molecule has 1 aromatic carbocycles. The van der Waals surface area contributed by atoms with Crippen LogP contribution in [0.3, 0.4) is 0 Å². The van der Waals surface area contributed by atoms with Gasteiger partial charge in [-0.1, -0.05) is 46.2 Å². The second-order valence-electron chi connectivity index (χ2n) is 12.6. The van der Waals surface area contributed by atoms with E-state index in [-0.39, 0.29) is 23.3 Å². The lowest BCUT2D eigenvalue weighted by atomic mass is 9.94. The molecule has 214 valence electrons. The van der Waals surface area contributed by atoms with E-state index < -0.39 is 35.7 Å². The first-order chi connectivity index (χ1) is 17.5. The third-order valence-electron chi connectivity index (χ3n) is 5.96. The van der Waals surface area contributed by atoms with Gasteiger partial charge in [-0.25, -0.2) is 4.79 Å². The van der Waals surface area contributed by atoms with Crippen LogP contribution in [0.25, 0.3) is 0 Å². The van der Waals surface area contributed by atoms with Crippen molar-refractivity contribution < 1.29 is 19.1 Å². The van der Waals surface area contributed by atoms with Crippen molar-refractivity contribution in [2.45, 2.75) is 124 Å². The van der Waals surface area contributed by atoms with Crippen molar-refractivity contribution >= 4 is 11.9 Å². The van der Waals surface area contributed by atoms with Gasteiger partial charge in [0, 0.05) is 6.04 Å². The van der Waals surface area contributed by atoms with Crippen molar-refractivity contribution in [3.63, 3.8) is 0 Å². The maximum absolute atomic E-state index is 13.4. The Kier molecular flexibility index (Phi) is 12.7. The molecule has 1 aromatic rings. The van der Waals surface area contributed by atoms with Crippen molar-refractivity contribution in [1.82, 2.24) is 10.6 Å². The van der Waals surface area contributed by atoms with E-state index in [4.69, 9.17) is 15.2 Å². The summed E-state index contributed by atoms with van der Waals surface area (Å²) in [6.45, 7) is 19.3. The fraction of sp³-hybridized carbons (Fsp3) is 0.700. The topological polar surface area (TPSA) is 126 Å². The minimum atomic E-state index is -0.780. The number of benzene rings is 1. The second kappa shape index (κ2) is 14.5. The number of amides is 1. The average Bonchev–Trinajstić information content (AvgIpc) is 2.77. The van der Waals surface area contributed by atoms with Gasteiger partial charge in [0.2, 0.25) is 5.91 Å². The molecule has 0 saturated carbocycles.